The molecule has 134 valence electrons. The quantitative estimate of drug-likeness (QED) is 0.566. The first-order valence-corrected chi connectivity index (χ1v) is 9.01. The summed E-state index contributed by atoms with van der Waals surface area (Å²) in [5.74, 6) is -0.148. The molecule has 2 N–H and O–H groups in total. The van der Waals surface area contributed by atoms with Gasteiger partial charge in [-0.1, -0.05) is 31.7 Å². The zero-order valence-corrected chi connectivity index (χ0v) is 14.6. The summed E-state index contributed by atoms with van der Waals surface area (Å²) in [5, 5.41) is 6.46. The summed E-state index contributed by atoms with van der Waals surface area (Å²) in [4.78, 5) is 11.9. The lowest BCUT2D eigenvalue weighted by Crippen LogP contribution is -2.36. The van der Waals surface area contributed by atoms with Gasteiger partial charge >= 0.3 is 0 Å². The number of carbonyl (C=O) groups is 1. The highest BCUT2D eigenvalue weighted by atomic mass is 19.1. The Balaban J connectivity index is 1.60. The Morgan fingerprint density at radius 3 is 2.62 bits per heavy atom. The third kappa shape index (κ3) is 6.48. The van der Waals surface area contributed by atoms with Crippen molar-refractivity contribution in [2.75, 3.05) is 20.2 Å². The predicted octanol–water partition coefficient (Wildman–Crippen LogP) is 3.20. The molecule has 0 radical (unpaired) electrons. The number of hydrogen-bond acceptors (Lipinski definition) is 3. The van der Waals surface area contributed by atoms with Gasteiger partial charge in [0, 0.05) is 25.6 Å². The van der Waals surface area contributed by atoms with E-state index in [1.54, 1.807) is 12.1 Å². The molecule has 1 saturated carbocycles. The zero-order chi connectivity index (χ0) is 17.2. The van der Waals surface area contributed by atoms with E-state index in [2.05, 4.69) is 10.6 Å². The zero-order valence-electron chi connectivity index (χ0n) is 14.6. The summed E-state index contributed by atoms with van der Waals surface area (Å²) in [7, 11) is 1.44. The Labute approximate surface area is 144 Å². The molecule has 1 aromatic carbocycles. The summed E-state index contributed by atoms with van der Waals surface area (Å²) in [6.45, 7) is 1.46. The molecule has 0 bridgehead atoms. The lowest BCUT2D eigenvalue weighted by atomic mass is 10.1. The molecule has 1 aromatic rings. The van der Waals surface area contributed by atoms with Gasteiger partial charge in [-0.2, -0.15) is 0 Å². The van der Waals surface area contributed by atoms with E-state index in [1.165, 1.54) is 51.7 Å². The summed E-state index contributed by atoms with van der Waals surface area (Å²) < 4.78 is 18.5. The van der Waals surface area contributed by atoms with Crippen molar-refractivity contribution in [3.8, 4) is 5.75 Å². The van der Waals surface area contributed by atoms with Crippen LogP contribution in [0.15, 0.2) is 18.2 Å². The van der Waals surface area contributed by atoms with E-state index in [4.69, 9.17) is 4.74 Å². The monoisotopic (exact) mass is 336 g/mol. The molecule has 1 amide bonds. The van der Waals surface area contributed by atoms with Crippen LogP contribution in [0.25, 0.3) is 0 Å². The van der Waals surface area contributed by atoms with E-state index in [0.29, 0.717) is 25.4 Å². The Bertz CT molecular complexity index is 514. The molecule has 0 atom stereocenters. The second-order valence-electron chi connectivity index (χ2n) is 6.46. The van der Waals surface area contributed by atoms with Crippen LogP contribution in [-0.2, 0) is 11.2 Å². The van der Waals surface area contributed by atoms with Crippen molar-refractivity contribution < 1.29 is 13.9 Å². The lowest BCUT2D eigenvalue weighted by Gasteiger charge is -2.16. The molecule has 0 saturated heterocycles. The van der Waals surface area contributed by atoms with Crippen molar-refractivity contribution in [1.29, 1.82) is 0 Å². The molecule has 0 aliphatic heterocycles. The second kappa shape index (κ2) is 10.3. The number of hydrogen-bond donors (Lipinski definition) is 2. The van der Waals surface area contributed by atoms with Gasteiger partial charge in [0.15, 0.2) is 11.6 Å². The van der Waals surface area contributed by atoms with Crippen LogP contribution in [0.4, 0.5) is 4.39 Å². The van der Waals surface area contributed by atoms with Crippen LogP contribution in [0.2, 0.25) is 0 Å². The molecule has 0 unspecified atom stereocenters. The van der Waals surface area contributed by atoms with Gasteiger partial charge in [-0.3, -0.25) is 4.79 Å². The number of methoxy groups -OCH3 is 1. The first kappa shape index (κ1) is 18.7. The molecule has 0 heterocycles. The SMILES string of the molecule is COc1ccc(CCC(=O)NCCNC2CCCCCC2)cc1F. The summed E-state index contributed by atoms with van der Waals surface area (Å²) in [6.07, 6.45) is 8.71. The topological polar surface area (TPSA) is 50.4 Å². The van der Waals surface area contributed by atoms with E-state index >= 15 is 0 Å². The molecule has 5 heteroatoms. The maximum Gasteiger partial charge on any atom is 0.220 e. The maximum absolute atomic E-state index is 13.6. The number of aryl methyl sites for hydroxylation is 1. The molecule has 1 aliphatic carbocycles. The number of halogens is 1. The van der Waals surface area contributed by atoms with Crippen LogP contribution in [0, 0.1) is 5.82 Å². The molecule has 2 rings (SSSR count). The first-order valence-electron chi connectivity index (χ1n) is 9.01. The van der Waals surface area contributed by atoms with Crippen LogP contribution in [0.5, 0.6) is 5.75 Å². The first-order chi connectivity index (χ1) is 11.7. The molecule has 24 heavy (non-hydrogen) atoms. The highest BCUT2D eigenvalue weighted by molar-refractivity contribution is 5.76. The van der Waals surface area contributed by atoms with Crippen molar-refractivity contribution in [1.82, 2.24) is 10.6 Å². The van der Waals surface area contributed by atoms with Crippen molar-refractivity contribution in [3.63, 3.8) is 0 Å². The smallest absolute Gasteiger partial charge is 0.220 e. The highest BCUT2D eigenvalue weighted by Gasteiger charge is 2.11. The van der Waals surface area contributed by atoms with Gasteiger partial charge in [-0.25, -0.2) is 4.39 Å². The van der Waals surface area contributed by atoms with Crippen molar-refractivity contribution >= 4 is 5.91 Å². The van der Waals surface area contributed by atoms with E-state index < -0.39 is 0 Å². The molecule has 0 aromatic heterocycles. The van der Waals surface area contributed by atoms with Gasteiger partial charge in [0.2, 0.25) is 5.91 Å². The molecular formula is C19H29FN2O2. The second-order valence-corrected chi connectivity index (χ2v) is 6.46. The number of benzene rings is 1. The summed E-state index contributed by atoms with van der Waals surface area (Å²) >= 11 is 0. The number of carbonyl (C=O) groups excluding carboxylic acids is 1. The van der Waals surface area contributed by atoms with Gasteiger partial charge in [0.05, 0.1) is 7.11 Å². The van der Waals surface area contributed by atoms with Crippen LogP contribution in [0.3, 0.4) is 0 Å². The fourth-order valence-corrected chi connectivity index (χ4v) is 3.17. The van der Waals surface area contributed by atoms with E-state index in [9.17, 15) is 9.18 Å². The summed E-state index contributed by atoms with van der Waals surface area (Å²) in [6, 6.07) is 5.42. The fraction of sp³-hybridized carbons (Fsp3) is 0.632. The molecule has 1 fully saturated rings. The third-order valence-electron chi connectivity index (χ3n) is 4.59. The highest BCUT2D eigenvalue weighted by Crippen LogP contribution is 2.18. The number of nitrogens with one attached hydrogen (secondary N) is 2. The van der Waals surface area contributed by atoms with E-state index in [-0.39, 0.29) is 17.5 Å². The minimum Gasteiger partial charge on any atom is -0.494 e. The number of rotatable bonds is 8. The van der Waals surface area contributed by atoms with Gasteiger partial charge in [0.1, 0.15) is 0 Å². The van der Waals surface area contributed by atoms with Gasteiger partial charge in [-0.05, 0) is 37.0 Å². The fourth-order valence-electron chi connectivity index (χ4n) is 3.17. The van der Waals surface area contributed by atoms with Crippen LogP contribution >= 0.6 is 0 Å². The van der Waals surface area contributed by atoms with Crippen molar-refractivity contribution in [2.45, 2.75) is 57.4 Å². The molecule has 4 nitrogen and oxygen atoms in total. The minimum atomic E-state index is -0.386. The Kier molecular flexibility index (Phi) is 8.02. The third-order valence-corrected chi connectivity index (χ3v) is 4.59. The number of ether oxygens (including phenoxy) is 1. The van der Waals surface area contributed by atoms with E-state index in [0.717, 1.165) is 12.1 Å². The normalized spacial score (nSPS) is 15.8. The van der Waals surface area contributed by atoms with Gasteiger partial charge in [-0.15, -0.1) is 0 Å². The van der Waals surface area contributed by atoms with Crippen LogP contribution in [0.1, 0.15) is 50.5 Å². The Morgan fingerprint density at radius 2 is 1.96 bits per heavy atom. The largest absolute Gasteiger partial charge is 0.494 e. The number of amides is 1. The summed E-state index contributed by atoms with van der Waals surface area (Å²) in [5.41, 5.74) is 0.806. The van der Waals surface area contributed by atoms with Crippen molar-refractivity contribution in [2.24, 2.45) is 0 Å². The lowest BCUT2D eigenvalue weighted by molar-refractivity contribution is -0.121. The average molecular weight is 336 g/mol. The van der Waals surface area contributed by atoms with Crippen LogP contribution in [-0.4, -0.2) is 32.1 Å². The molecular weight excluding hydrogens is 307 g/mol. The molecule has 1 aliphatic rings. The Morgan fingerprint density at radius 1 is 1.21 bits per heavy atom. The minimum absolute atomic E-state index is 0.00823. The van der Waals surface area contributed by atoms with Gasteiger partial charge < -0.3 is 15.4 Å². The Hall–Kier alpha value is -1.62. The van der Waals surface area contributed by atoms with Gasteiger partial charge in [0.25, 0.3) is 0 Å². The van der Waals surface area contributed by atoms with Crippen LogP contribution < -0.4 is 15.4 Å². The predicted molar refractivity (Wildman–Crippen MR) is 93.8 cm³/mol. The van der Waals surface area contributed by atoms with E-state index in [1.807, 2.05) is 0 Å². The maximum atomic E-state index is 13.6. The van der Waals surface area contributed by atoms with Crippen molar-refractivity contribution in [3.05, 3.63) is 29.6 Å². The standard InChI is InChI=1S/C19H29FN2O2/c1-24-18-10-8-15(14-17(18)20)9-11-19(23)22-13-12-21-16-6-4-2-3-5-7-16/h8,10,14,16,21H,2-7,9,11-13H2,1H3,(H,22,23). The molecule has 0 spiro atoms. The average Bonchev–Trinajstić information content (AvgIpc) is 2.86.